The summed E-state index contributed by atoms with van der Waals surface area (Å²) in [4.78, 5) is 1.96. The fraction of sp³-hybridized carbons (Fsp3) is 1.00. The van der Waals surface area contributed by atoms with Crippen LogP contribution in [0.25, 0.3) is 0 Å². The highest BCUT2D eigenvalue weighted by Crippen LogP contribution is 2.18. The van der Waals surface area contributed by atoms with Gasteiger partial charge in [-0.05, 0) is 20.0 Å². The summed E-state index contributed by atoms with van der Waals surface area (Å²) in [7, 11) is 1.90. The van der Waals surface area contributed by atoms with Gasteiger partial charge in [0.2, 0.25) is 0 Å². The number of nitrogens with zero attached hydrogens (tertiary/aromatic N) is 1. The summed E-state index contributed by atoms with van der Waals surface area (Å²) in [5.74, 6) is -0.115. The summed E-state index contributed by atoms with van der Waals surface area (Å²) in [6, 6.07) is 0. The van der Waals surface area contributed by atoms with E-state index in [1.54, 1.807) is 0 Å². The van der Waals surface area contributed by atoms with Gasteiger partial charge in [0.15, 0.2) is 0 Å². The van der Waals surface area contributed by atoms with Gasteiger partial charge in [-0.2, -0.15) is 0 Å². The molecule has 60 valence electrons. The third kappa shape index (κ3) is 1.67. The molecule has 0 unspecified atom stereocenters. The van der Waals surface area contributed by atoms with Crippen molar-refractivity contribution in [1.82, 2.24) is 4.90 Å². The van der Waals surface area contributed by atoms with Gasteiger partial charge in [0, 0.05) is 19.1 Å². The topological polar surface area (TPSA) is 23.5 Å². The van der Waals surface area contributed by atoms with Crippen molar-refractivity contribution < 1.29 is 9.50 Å². The molecule has 0 aromatic carbocycles. The van der Waals surface area contributed by atoms with E-state index >= 15 is 0 Å². The van der Waals surface area contributed by atoms with Crippen LogP contribution in [0.4, 0.5) is 4.39 Å². The molecule has 1 rings (SSSR count). The van der Waals surface area contributed by atoms with E-state index in [9.17, 15) is 4.39 Å². The average Bonchev–Trinajstić information content (AvgIpc) is 1.88. The molecule has 0 spiro atoms. The lowest BCUT2D eigenvalue weighted by Gasteiger charge is -2.30. The van der Waals surface area contributed by atoms with Gasteiger partial charge in [-0.1, -0.05) is 0 Å². The van der Waals surface area contributed by atoms with Crippen LogP contribution in [0.5, 0.6) is 0 Å². The first-order valence-corrected chi connectivity index (χ1v) is 3.67. The second kappa shape index (κ2) is 3.30. The number of aliphatic hydroxyl groups excluding tert-OH is 1. The second-order valence-electron chi connectivity index (χ2n) is 3.01. The molecule has 0 aromatic rings. The third-order valence-corrected chi connectivity index (χ3v) is 2.11. The molecule has 10 heavy (non-hydrogen) atoms. The molecule has 1 aliphatic heterocycles. The minimum atomic E-state index is -0.830. The first-order valence-electron chi connectivity index (χ1n) is 3.67. The third-order valence-electron chi connectivity index (χ3n) is 2.11. The zero-order valence-corrected chi connectivity index (χ0v) is 6.26. The van der Waals surface area contributed by atoms with Crippen molar-refractivity contribution in [2.45, 2.75) is 12.6 Å². The summed E-state index contributed by atoms with van der Waals surface area (Å²) < 4.78 is 12.9. The Morgan fingerprint density at radius 3 is 2.90 bits per heavy atom. The van der Waals surface area contributed by atoms with Crippen molar-refractivity contribution >= 4 is 0 Å². The molecule has 2 nitrogen and oxygen atoms in total. The SMILES string of the molecule is CN1CC[C@@H](CO)[C@@H](F)C1. The normalized spacial score (nSPS) is 36.3. The molecular formula is C7H14FNO. The number of hydrogen-bond acceptors (Lipinski definition) is 2. The largest absolute Gasteiger partial charge is 0.396 e. The Hall–Kier alpha value is -0.150. The van der Waals surface area contributed by atoms with Gasteiger partial charge in [0.05, 0.1) is 0 Å². The molecule has 0 bridgehead atoms. The number of aliphatic hydroxyl groups is 1. The van der Waals surface area contributed by atoms with Crippen LogP contribution in [0.1, 0.15) is 6.42 Å². The fourth-order valence-electron chi connectivity index (χ4n) is 1.31. The molecule has 2 atom stereocenters. The minimum absolute atomic E-state index is 0.00495. The van der Waals surface area contributed by atoms with Crippen LogP contribution in [0.15, 0.2) is 0 Å². The number of halogens is 1. The molecule has 1 heterocycles. The fourth-order valence-corrected chi connectivity index (χ4v) is 1.31. The van der Waals surface area contributed by atoms with Gasteiger partial charge in [-0.15, -0.1) is 0 Å². The maximum atomic E-state index is 12.9. The van der Waals surface area contributed by atoms with Gasteiger partial charge in [0.1, 0.15) is 6.17 Å². The summed E-state index contributed by atoms with van der Waals surface area (Å²) in [6.07, 6.45) is -0.0440. The smallest absolute Gasteiger partial charge is 0.118 e. The monoisotopic (exact) mass is 147 g/mol. The Labute approximate surface area is 60.6 Å². The molecule has 0 aromatic heterocycles. The van der Waals surface area contributed by atoms with Crippen LogP contribution in [0, 0.1) is 5.92 Å². The van der Waals surface area contributed by atoms with Crippen molar-refractivity contribution in [2.75, 3.05) is 26.7 Å². The van der Waals surface area contributed by atoms with E-state index in [-0.39, 0.29) is 12.5 Å². The van der Waals surface area contributed by atoms with Crippen LogP contribution < -0.4 is 0 Å². The van der Waals surface area contributed by atoms with E-state index in [0.717, 1.165) is 13.0 Å². The predicted molar refractivity (Wildman–Crippen MR) is 37.6 cm³/mol. The molecular weight excluding hydrogens is 133 g/mol. The van der Waals surface area contributed by atoms with E-state index in [1.807, 2.05) is 11.9 Å². The first-order chi connectivity index (χ1) is 4.74. The van der Waals surface area contributed by atoms with Crippen molar-refractivity contribution in [1.29, 1.82) is 0 Å². The zero-order valence-electron chi connectivity index (χ0n) is 6.26. The van der Waals surface area contributed by atoms with Gasteiger partial charge in [-0.25, -0.2) is 4.39 Å². The van der Waals surface area contributed by atoms with Crippen molar-refractivity contribution in [3.8, 4) is 0 Å². The van der Waals surface area contributed by atoms with E-state index in [0.29, 0.717) is 6.54 Å². The lowest BCUT2D eigenvalue weighted by molar-refractivity contribution is 0.0622. The second-order valence-corrected chi connectivity index (χ2v) is 3.01. The highest BCUT2D eigenvalue weighted by Gasteiger charge is 2.26. The van der Waals surface area contributed by atoms with Crippen molar-refractivity contribution in [3.63, 3.8) is 0 Å². The summed E-state index contributed by atoms with van der Waals surface area (Å²) >= 11 is 0. The zero-order chi connectivity index (χ0) is 7.56. The molecule has 0 amide bonds. The predicted octanol–water partition coefficient (Wildman–Crippen LogP) is 0.269. The van der Waals surface area contributed by atoms with Gasteiger partial charge >= 0.3 is 0 Å². The van der Waals surface area contributed by atoms with Crippen LogP contribution in [-0.2, 0) is 0 Å². The molecule has 3 heteroatoms. The van der Waals surface area contributed by atoms with E-state index in [2.05, 4.69) is 0 Å². The molecule has 0 radical (unpaired) electrons. The Morgan fingerprint density at radius 1 is 1.70 bits per heavy atom. The Bertz CT molecular complexity index is 110. The minimum Gasteiger partial charge on any atom is -0.396 e. The highest BCUT2D eigenvalue weighted by molar-refractivity contribution is 4.77. The molecule has 0 saturated carbocycles. The van der Waals surface area contributed by atoms with Crippen molar-refractivity contribution in [2.24, 2.45) is 5.92 Å². The Morgan fingerprint density at radius 2 is 2.40 bits per heavy atom. The van der Waals surface area contributed by atoms with Crippen LogP contribution >= 0.6 is 0 Å². The van der Waals surface area contributed by atoms with E-state index in [1.165, 1.54) is 0 Å². The lowest BCUT2D eigenvalue weighted by Crippen LogP contribution is -2.40. The Balaban J connectivity index is 2.36. The lowest BCUT2D eigenvalue weighted by atomic mass is 9.96. The maximum Gasteiger partial charge on any atom is 0.118 e. The number of alkyl halides is 1. The quantitative estimate of drug-likeness (QED) is 0.575. The molecule has 1 N–H and O–H groups in total. The summed E-state index contributed by atoms with van der Waals surface area (Å²) in [6.45, 7) is 1.38. The van der Waals surface area contributed by atoms with E-state index < -0.39 is 6.17 Å². The molecule has 1 aliphatic rings. The van der Waals surface area contributed by atoms with Crippen LogP contribution in [0.2, 0.25) is 0 Å². The number of rotatable bonds is 1. The number of piperidine rings is 1. The van der Waals surface area contributed by atoms with Crippen molar-refractivity contribution in [3.05, 3.63) is 0 Å². The first kappa shape index (κ1) is 7.95. The van der Waals surface area contributed by atoms with Gasteiger partial charge in [0.25, 0.3) is 0 Å². The standard InChI is InChI=1S/C7H14FNO/c1-9-3-2-6(5-10)7(8)4-9/h6-7,10H,2-5H2,1H3/t6-,7-/m0/s1. The molecule has 0 aliphatic carbocycles. The maximum absolute atomic E-state index is 12.9. The van der Waals surface area contributed by atoms with Gasteiger partial charge in [-0.3, -0.25) is 0 Å². The van der Waals surface area contributed by atoms with Crippen LogP contribution in [-0.4, -0.2) is 42.9 Å². The average molecular weight is 147 g/mol. The summed E-state index contributed by atoms with van der Waals surface area (Å²) in [5.41, 5.74) is 0. The molecule has 1 fully saturated rings. The summed E-state index contributed by atoms with van der Waals surface area (Å²) in [5, 5.41) is 8.69. The number of hydrogen-bond donors (Lipinski definition) is 1. The number of likely N-dealkylation sites (tertiary alicyclic amines) is 1. The Kier molecular flexibility index (Phi) is 2.63. The van der Waals surface area contributed by atoms with Crippen LogP contribution in [0.3, 0.4) is 0 Å². The highest BCUT2D eigenvalue weighted by atomic mass is 19.1. The molecule has 1 saturated heterocycles. The van der Waals surface area contributed by atoms with E-state index in [4.69, 9.17) is 5.11 Å². The van der Waals surface area contributed by atoms with Gasteiger partial charge < -0.3 is 10.0 Å².